The molecule has 3 aromatic rings. The van der Waals surface area contributed by atoms with Crippen LogP contribution in [0.2, 0.25) is 0 Å². The number of rotatable bonds is 11. The molecular formula is C32H39BrF3N5O3. The second-order valence-corrected chi connectivity index (χ2v) is 13.4. The van der Waals surface area contributed by atoms with E-state index in [1.807, 2.05) is 29.2 Å². The van der Waals surface area contributed by atoms with Crippen molar-refractivity contribution in [2.45, 2.75) is 62.3 Å². The summed E-state index contributed by atoms with van der Waals surface area (Å²) < 4.78 is 62.7. The zero-order chi connectivity index (χ0) is 31.2. The van der Waals surface area contributed by atoms with Gasteiger partial charge < -0.3 is 24.0 Å². The highest BCUT2D eigenvalue weighted by Crippen LogP contribution is 2.45. The summed E-state index contributed by atoms with van der Waals surface area (Å²) in [5.74, 6) is -0.852. The molecule has 12 heteroatoms. The van der Waals surface area contributed by atoms with Gasteiger partial charge in [-0.25, -0.2) is 13.2 Å². The van der Waals surface area contributed by atoms with Gasteiger partial charge in [0.15, 0.2) is 17.4 Å². The third kappa shape index (κ3) is 5.47. The molecule has 0 unspecified atom stereocenters. The fourth-order valence-electron chi connectivity index (χ4n) is 7.18. The van der Waals surface area contributed by atoms with Gasteiger partial charge in [-0.05, 0) is 86.4 Å². The Hall–Kier alpha value is -2.83. The summed E-state index contributed by atoms with van der Waals surface area (Å²) in [6, 6.07) is 7.66. The maximum atomic E-state index is 15.9. The molecule has 8 nitrogen and oxygen atoms in total. The van der Waals surface area contributed by atoms with Crippen molar-refractivity contribution >= 4 is 32.7 Å². The number of fused-ring (bicyclic) bond motifs is 2. The van der Waals surface area contributed by atoms with E-state index < -0.39 is 23.3 Å². The normalized spacial score (nSPS) is 22.7. The molecule has 0 N–H and O–H groups in total. The van der Waals surface area contributed by atoms with Crippen molar-refractivity contribution in [3.63, 3.8) is 0 Å². The Labute approximate surface area is 264 Å². The summed E-state index contributed by atoms with van der Waals surface area (Å²) in [5, 5.41) is 0.130. The highest BCUT2D eigenvalue weighted by Gasteiger charge is 2.49. The van der Waals surface area contributed by atoms with Gasteiger partial charge in [-0.3, -0.25) is 4.90 Å². The molecule has 238 valence electrons. The van der Waals surface area contributed by atoms with Crippen LogP contribution < -0.4 is 19.1 Å². The molecule has 1 aromatic heterocycles. The zero-order valence-electron chi connectivity index (χ0n) is 25.6. The van der Waals surface area contributed by atoms with Crippen molar-refractivity contribution in [1.29, 1.82) is 0 Å². The molecule has 3 heterocycles. The summed E-state index contributed by atoms with van der Waals surface area (Å²) in [7, 11) is 7.07. The maximum absolute atomic E-state index is 15.9. The molecule has 6 rings (SSSR count). The van der Waals surface area contributed by atoms with Gasteiger partial charge in [0.05, 0.1) is 29.6 Å². The predicted molar refractivity (Wildman–Crippen MR) is 167 cm³/mol. The number of alkyl halides is 1. The van der Waals surface area contributed by atoms with Gasteiger partial charge in [0.2, 0.25) is 0 Å². The van der Waals surface area contributed by atoms with Gasteiger partial charge in [-0.15, -0.1) is 0 Å². The van der Waals surface area contributed by atoms with Crippen molar-refractivity contribution in [1.82, 2.24) is 19.8 Å². The standard InChI is InChI=1S/C32H39BrF3N5O3/c1-39(2)31(11-5-12-31)18-40(16-20-7-9-22(42-3)10-8-20)29-23-27(25(35)24(33)26(36)28(23)43-4)37-30(38-29)44-19-32-13-6-14-41(32)17-21(34)15-32/h7-10,21H,5-6,11-19H2,1-4H3/t21-,32+/m1/s1. The number of benzene rings is 2. The second kappa shape index (κ2) is 12.2. The van der Waals surface area contributed by atoms with Crippen LogP contribution in [0.1, 0.15) is 44.1 Å². The van der Waals surface area contributed by atoms with Crippen LogP contribution in [0.5, 0.6) is 17.5 Å². The molecule has 3 aliphatic rings. The average Bonchev–Trinajstić information content (AvgIpc) is 3.52. The number of methoxy groups -OCH3 is 2. The van der Waals surface area contributed by atoms with Crippen molar-refractivity contribution < 1.29 is 27.4 Å². The molecule has 0 spiro atoms. The largest absolute Gasteiger partial charge is 0.497 e. The first-order valence-electron chi connectivity index (χ1n) is 15.1. The third-order valence-corrected chi connectivity index (χ3v) is 10.6. The lowest BCUT2D eigenvalue weighted by Gasteiger charge is -2.50. The molecule has 0 radical (unpaired) electrons. The molecule has 2 aromatic carbocycles. The molecule has 2 atom stereocenters. The topological polar surface area (TPSA) is 63.2 Å². The van der Waals surface area contributed by atoms with Gasteiger partial charge in [0.25, 0.3) is 0 Å². The van der Waals surface area contributed by atoms with E-state index in [-0.39, 0.29) is 39.3 Å². The van der Waals surface area contributed by atoms with E-state index in [2.05, 4.69) is 44.8 Å². The van der Waals surface area contributed by atoms with E-state index >= 15 is 8.78 Å². The molecule has 2 saturated heterocycles. The summed E-state index contributed by atoms with van der Waals surface area (Å²) in [5.41, 5.74) is 0.248. The molecular weight excluding hydrogens is 639 g/mol. The van der Waals surface area contributed by atoms with Crippen LogP contribution in [0.25, 0.3) is 10.9 Å². The lowest BCUT2D eigenvalue weighted by molar-refractivity contribution is 0.0666. The monoisotopic (exact) mass is 677 g/mol. The van der Waals surface area contributed by atoms with Crippen LogP contribution in [-0.4, -0.2) is 91.6 Å². The molecule has 3 fully saturated rings. The fraction of sp³-hybridized carbons (Fsp3) is 0.562. The average molecular weight is 679 g/mol. The van der Waals surface area contributed by atoms with Crippen molar-refractivity contribution in [3.8, 4) is 17.5 Å². The van der Waals surface area contributed by atoms with E-state index in [1.165, 1.54) is 7.11 Å². The number of ether oxygens (including phenoxy) is 3. The van der Waals surface area contributed by atoms with Crippen molar-refractivity contribution in [3.05, 3.63) is 45.9 Å². The molecule has 1 saturated carbocycles. The lowest BCUT2D eigenvalue weighted by Crippen LogP contribution is -2.57. The summed E-state index contributed by atoms with van der Waals surface area (Å²) in [4.78, 5) is 15.7. The quantitative estimate of drug-likeness (QED) is 0.225. The Bertz CT molecular complexity index is 1520. The minimum Gasteiger partial charge on any atom is -0.497 e. The minimum absolute atomic E-state index is 0.0391. The maximum Gasteiger partial charge on any atom is 0.319 e. The Kier molecular flexibility index (Phi) is 8.62. The summed E-state index contributed by atoms with van der Waals surface area (Å²) in [6.07, 6.45) is 4.25. The van der Waals surface area contributed by atoms with E-state index in [4.69, 9.17) is 19.2 Å². The van der Waals surface area contributed by atoms with E-state index in [0.717, 1.165) is 50.0 Å². The van der Waals surface area contributed by atoms with Crippen LogP contribution in [0, 0.1) is 11.6 Å². The van der Waals surface area contributed by atoms with Gasteiger partial charge in [-0.1, -0.05) is 12.1 Å². The Morgan fingerprint density at radius 2 is 1.77 bits per heavy atom. The zero-order valence-corrected chi connectivity index (χ0v) is 27.2. The SMILES string of the molecule is COc1ccc(CN(CC2(N(C)C)CCC2)c2nc(OC[C@@]34CCCN3C[C@H](F)C4)nc3c(F)c(Br)c(F)c(OC)c23)cc1. The number of halogens is 4. The number of hydrogen-bond donors (Lipinski definition) is 0. The Morgan fingerprint density at radius 3 is 2.41 bits per heavy atom. The highest BCUT2D eigenvalue weighted by atomic mass is 79.9. The van der Waals surface area contributed by atoms with Crippen LogP contribution in [-0.2, 0) is 6.54 Å². The van der Waals surface area contributed by atoms with Gasteiger partial charge in [-0.2, -0.15) is 9.97 Å². The van der Waals surface area contributed by atoms with Crippen molar-refractivity contribution in [2.24, 2.45) is 0 Å². The minimum atomic E-state index is -0.919. The first kappa shape index (κ1) is 31.2. The van der Waals surface area contributed by atoms with Crippen LogP contribution >= 0.6 is 15.9 Å². The lowest BCUT2D eigenvalue weighted by atomic mass is 9.75. The molecule has 2 aliphatic heterocycles. The van der Waals surface area contributed by atoms with Crippen LogP contribution in [0.15, 0.2) is 28.7 Å². The van der Waals surface area contributed by atoms with Crippen LogP contribution in [0.4, 0.5) is 19.0 Å². The number of nitrogens with zero attached hydrogens (tertiary/aromatic N) is 5. The second-order valence-electron chi connectivity index (χ2n) is 12.6. The van der Waals surface area contributed by atoms with Gasteiger partial charge >= 0.3 is 6.01 Å². The number of anilines is 1. The third-order valence-electron chi connectivity index (χ3n) is 9.87. The molecule has 0 amide bonds. The van der Waals surface area contributed by atoms with E-state index in [9.17, 15) is 4.39 Å². The molecule has 44 heavy (non-hydrogen) atoms. The summed E-state index contributed by atoms with van der Waals surface area (Å²) >= 11 is 3.06. The van der Waals surface area contributed by atoms with E-state index in [1.54, 1.807) is 7.11 Å². The number of aromatic nitrogens is 2. The molecule has 1 aliphatic carbocycles. The Balaban J connectivity index is 1.48. The first-order valence-corrected chi connectivity index (χ1v) is 15.9. The van der Waals surface area contributed by atoms with E-state index in [0.29, 0.717) is 31.9 Å². The number of hydrogen-bond acceptors (Lipinski definition) is 8. The summed E-state index contributed by atoms with van der Waals surface area (Å²) in [6.45, 7) is 2.32. The van der Waals surface area contributed by atoms with Gasteiger partial charge in [0, 0.05) is 31.6 Å². The predicted octanol–water partition coefficient (Wildman–Crippen LogP) is 6.13. The van der Waals surface area contributed by atoms with Crippen molar-refractivity contribution in [2.75, 3.05) is 59.5 Å². The molecule has 0 bridgehead atoms. The highest BCUT2D eigenvalue weighted by molar-refractivity contribution is 9.10. The number of likely N-dealkylation sites (N-methyl/N-ethyl adjacent to an activating group) is 1. The van der Waals surface area contributed by atoms with Crippen LogP contribution in [0.3, 0.4) is 0 Å². The fourth-order valence-corrected chi connectivity index (χ4v) is 7.55. The first-order chi connectivity index (χ1) is 21.1. The van der Waals surface area contributed by atoms with Gasteiger partial charge in [0.1, 0.15) is 29.9 Å². The Morgan fingerprint density at radius 1 is 1.02 bits per heavy atom. The smallest absolute Gasteiger partial charge is 0.319 e.